The van der Waals surface area contributed by atoms with E-state index in [2.05, 4.69) is 5.32 Å². The van der Waals surface area contributed by atoms with Gasteiger partial charge in [0, 0.05) is 43.3 Å². The molecule has 0 saturated carbocycles. The number of nitrogens with one attached hydrogen (secondary N) is 1. The van der Waals surface area contributed by atoms with E-state index in [9.17, 15) is 19.9 Å². The van der Waals surface area contributed by atoms with E-state index in [-0.39, 0.29) is 31.3 Å². The van der Waals surface area contributed by atoms with Crippen LogP contribution in [0.5, 0.6) is 0 Å². The van der Waals surface area contributed by atoms with E-state index >= 15 is 0 Å². The summed E-state index contributed by atoms with van der Waals surface area (Å²) in [4.78, 5) is 23.5. The number of hydrogen-bond donors (Lipinski definition) is 2. The van der Waals surface area contributed by atoms with Gasteiger partial charge in [0.2, 0.25) is 0 Å². The number of carbonyl (C=O) groups excluding carboxylic acids is 2. The molecule has 1 fully saturated rings. The lowest BCUT2D eigenvalue weighted by Gasteiger charge is -2.36. The fourth-order valence-corrected chi connectivity index (χ4v) is 6.02. The molecule has 1 amide bonds. The van der Waals surface area contributed by atoms with Crippen molar-refractivity contribution in [2.45, 2.75) is 63.0 Å². The Hall–Kier alpha value is -4.22. The molecule has 3 aromatic carbocycles. The average Bonchev–Trinajstić information content (AvgIpc) is 3.06. The number of thioether (sulfide) groups is 1. The molecule has 0 unspecified atom stereocenters. The Kier molecular flexibility index (Phi) is 10.9. The largest absolute Gasteiger partial charge is 0.618 e. The average molecular weight is 629 g/mol. The summed E-state index contributed by atoms with van der Waals surface area (Å²) < 4.78 is 18.8. The number of benzene rings is 3. The van der Waals surface area contributed by atoms with Gasteiger partial charge in [-0.2, -0.15) is 4.73 Å². The van der Waals surface area contributed by atoms with Crippen LogP contribution >= 0.6 is 11.8 Å². The molecule has 1 aliphatic heterocycles. The van der Waals surface area contributed by atoms with Gasteiger partial charge in [-0.15, -0.1) is 0 Å². The van der Waals surface area contributed by atoms with E-state index in [0.29, 0.717) is 17.2 Å². The predicted molar refractivity (Wildman–Crippen MR) is 170 cm³/mol. The number of rotatable bonds is 11. The first-order chi connectivity index (χ1) is 21.8. The second kappa shape index (κ2) is 15.2. The van der Waals surface area contributed by atoms with Gasteiger partial charge in [0.15, 0.2) is 18.6 Å². The minimum absolute atomic E-state index is 0.0309. The van der Waals surface area contributed by atoms with Crippen molar-refractivity contribution in [3.05, 3.63) is 125 Å². The van der Waals surface area contributed by atoms with Crippen LogP contribution in [0.2, 0.25) is 0 Å². The molecule has 1 saturated heterocycles. The third-order valence-electron chi connectivity index (χ3n) is 7.42. The van der Waals surface area contributed by atoms with Gasteiger partial charge in [0.25, 0.3) is 10.9 Å². The van der Waals surface area contributed by atoms with Gasteiger partial charge in [-0.25, -0.2) is 0 Å². The zero-order chi connectivity index (χ0) is 31.8. The molecule has 0 spiro atoms. The van der Waals surface area contributed by atoms with Gasteiger partial charge < -0.3 is 29.8 Å². The van der Waals surface area contributed by atoms with Crippen LogP contribution in [-0.4, -0.2) is 34.9 Å². The summed E-state index contributed by atoms with van der Waals surface area (Å²) in [5, 5.41) is 25.1. The van der Waals surface area contributed by atoms with E-state index in [1.807, 2.05) is 78.9 Å². The lowest BCUT2D eigenvalue weighted by atomic mass is 9.99. The number of aliphatic hydroxyl groups excluding tert-OH is 1. The monoisotopic (exact) mass is 628 g/mol. The van der Waals surface area contributed by atoms with E-state index < -0.39 is 18.4 Å². The first-order valence-electron chi connectivity index (χ1n) is 14.7. The SMILES string of the molecule is CC(=O)O[C@@H](C)C(=O)NCc1cccc(-c2cccc([C@@H]3O[C@H](CSc4cccc[n+]4[O-])C[C@H](c4ccc(CO)cc4)O3)c2)c1. The number of amides is 1. The van der Waals surface area contributed by atoms with E-state index in [1.165, 1.54) is 31.8 Å². The molecule has 45 heavy (non-hydrogen) atoms. The number of esters is 1. The summed E-state index contributed by atoms with van der Waals surface area (Å²) >= 11 is 1.45. The molecule has 0 aliphatic carbocycles. The number of carbonyl (C=O) groups is 2. The summed E-state index contributed by atoms with van der Waals surface area (Å²) in [6, 6.07) is 28.9. The van der Waals surface area contributed by atoms with Gasteiger partial charge in [0.05, 0.1) is 18.8 Å². The minimum atomic E-state index is -0.870. The normalized spacial score (nSPS) is 18.6. The van der Waals surface area contributed by atoms with Gasteiger partial charge >= 0.3 is 5.97 Å². The molecule has 10 heteroatoms. The minimum Gasteiger partial charge on any atom is -0.618 e. The van der Waals surface area contributed by atoms with Crippen molar-refractivity contribution >= 4 is 23.6 Å². The Labute approximate surface area is 266 Å². The Morgan fingerprint density at radius 1 is 0.978 bits per heavy atom. The first-order valence-corrected chi connectivity index (χ1v) is 15.7. The van der Waals surface area contributed by atoms with Crippen LogP contribution in [0.4, 0.5) is 0 Å². The molecule has 234 valence electrons. The summed E-state index contributed by atoms with van der Waals surface area (Å²) in [5.74, 6) is -0.302. The van der Waals surface area contributed by atoms with Crippen molar-refractivity contribution < 1.29 is 33.6 Å². The second-order valence-electron chi connectivity index (χ2n) is 10.8. The summed E-state index contributed by atoms with van der Waals surface area (Å²) in [5.41, 5.74) is 5.48. The number of aliphatic hydroxyl groups is 1. The van der Waals surface area contributed by atoms with Crippen molar-refractivity contribution in [3.8, 4) is 11.1 Å². The van der Waals surface area contributed by atoms with Crippen LogP contribution in [0.3, 0.4) is 0 Å². The van der Waals surface area contributed by atoms with Crippen LogP contribution < -0.4 is 10.0 Å². The Balaban J connectivity index is 1.34. The predicted octanol–water partition coefficient (Wildman–Crippen LogP) is 5.38. The van der Waals surface area contributed by atoms with Crippen molar-refractivity contribution in [3.63, 3.8) is 0 Å². The van der Waals surface area contributed by atoms with E-state index in [4.69, 9.17) is 14.2 Å². The molecular weight excluding hydrogens is 592 g/mol. The van der Waals surface area contributed by atoms with Gasteiger partial charge in [-0.3, -0.25) is 9.59 Å². The van der Waals surface area contributed by atoms with E-state index in [1.54, 1.807) is 12.1 Å². The molecule has 0 radical (unpaired) electrons. The quantitative estimate of drug-likeness (QED) is 0.0983. The van der Waals surface area contributed by atoms with Gasteiger partial charge in [-0.1, -0.05) is 72.4 Å². The van der Waals surface area contributed by atoms with Gasteiger partial charge in [0.1, 0.15) is 0 Å². The topological polar surface area (TPSA) is 121 Å². The molecule has 9 nitrogen and oxygen atoms in total. The lowest BCUT2D eigenvalue weighted by molar-refractivity contribution is -0.645. The fourth-order valence-electron chi connectivity index (χ4n) is 5.09. The maximum atomic E-state index is 12.3. The number of nitrogens with zero attached hydrogens (tertiary/aromatic N) is 1. The van der Waals surface area contributed by atoms with Crippen LogP contribution in [0.1, 0.15) is 54.9 Å². The van der Waals surface area contributed by atoms with Crippen LogP contribution in [0.25, 0.3) is 11.1 Å². The molecule has 4 aromatic rings. The Morgan fingerprint density at radius 3 is 2.47 bits per heavy atom. The summed E-state index contributed by atoms with van der Waals surface area (Å²) in [6.07, 6.45) is 0.137. The Morgan fingerprint density at radius 2 is 1.73 bits per heavy atom. The highest BCUT2D eigenvalue weighted by molar-refractivity contribution is 7.99. The zero-order valence-corrected chi connectivity index (χ0v) is 25.9. The smallest absolute Gasteiger partial charge is 0.303 e. The van der Waals surface area contributed by atoms with Crippen molar-refractivity contribution in [1.29, 1.82) is 0 Å². The maximum Gasteiger partial charge on any atom is 0.303 e. The van der Waals surface area contributed by atoms with Crippen LogP contribution in [0, 0.1) is 5.21 Å². The van der Waals surface area contributed by atoms with Crippen LogP contribution in [0.15, 0.2) is 102 Å². The number of hydrogen-bond acceptors (Lipinski definition) is 8. The first kappa shape index (κ1) is 32.2. The van der Waals surface area contributed by atoms with Crippen LogP contribution in [-0.2, 0) is 37.0 Å². The molecule has 4 atom stereocenters. The third kappa shape index (κ3) is 8.70. The molecule has 0 bridgehead atoms. The summed E-state index contributed by atoms with van der Waals surface area (Å²) in [7, 11) is 0. The second-order valence-corrected chi connectivity index (χ2v) is 11.9. The number of aromatic nitrogens is 1. The highest BCUT2D eigenvalue weighted by atomic mass is 32.2. The molecule has 5 rings (SSSR count). The van der Waals surface area contributed by atoms with Crippen molar-refractivity contribution in [1.82, 2.24) is 5.32 Å². The third-order valence-corrected chi connectivity index (χ3v) is 8.57. The molecular formula is C35H36N2O7S. The number of pyridine rings is 1. The van der Waals surface area contributed by atoms with Crippen molar-refractivity contribution in [2.75, 3.05) is 5.75 Å². The fraction of sp³-hybridized carbons (Fsp3) is 0.286. The molecule has 2 heterocycles. The number of ether oxygens (including phenoxy) is 3. The highest BCUT2D eigenvalue weighted by Crippen LogP contribution is 2.40. The molecule has 2 N–H and O–H groups in total. The lowest BCUT2D eigenvalue weighted by Crippen LogP contribution is -2.35. The maximum absolute atomic E-state index is 12.3. The van der Waals surface area contributed by atoms with Crippen molar-refractivity contribution in [2.24, 2.45) is 0 Å². The highest BCUT2D eigenvalue weighted by Gasteiger charge is 2.33. The zero-order valence-electron chi connectivity index (χ0n) is 25.1. The Bertz CT molecular complexity index is 1610. The summed E-state index contributed by atoms with van der Waals surface area (Å²) in [6.45, 7) is 3.06. The van der Waals surface area contributed by atoms with Gasteiger partial charge in [-0.05, 0) is 52.9 Å². The molecule has 1 aromatic heterocycles. The van der Waals surface area contributed by atoms with E-state index in [0.717, 1.165) is 38.1 Å². The standard InChI is InChI=1S/C35H36N2O7S/c1-23(42-24(2)39)34(40)36-20-26-7-5-8-28(17-26)29-9-6-10-30(18-29)35-43-31(22-45-33-11-3-4-16-37(33)41)19-32(44-35)27-14-12-25(21-38)13-15-27/h3-18,23,31-32,35,38H,19-22H2,1-2H3,(H,36,40)/t23-,31-,32+,35+/m0/s1. The molecule has 1 aliphatic rings.